The van der Waals surface area contributed by atoms with Crippen molar-refractivity contribution in [1.29, 1.82) is 0 Å². The molecule has 0 bridgehead atoms. The second-order valence-electron chi connectivity index (χ2n) is 6.48. The van der Waals surface area contributed by atoms with E-state index in [1.54, 1.807) is 60.7 Å². The number of urea groups is 1. The zero-order chi connectivity index (χ0) is 22.4. The van der Waals surface area contributed by atoms with E-state index in [2.05, 4.69) is 28.8 Å². The first-order chi connectivity index (χ1) is 14.8. The van der Waals surface area contributed by atoms with Gasteiger partial charge in [-0.05, 0) is 54.6 Å². The number of nitrogens with one attached hydrogen (secondary N) is 3. The van der Waals surface area contributed by atoms with Crippen LogP contribution < -0.4 is 20.3 Å². The first kappa shape index (κ1) is 22.2. The van der Waals surface area contributed by atoms with Crippen molar-refractivity contribution in [3.63, 3.8) is 0 Å². The van der Waals surface area contributed by atoms with Gasteiger partial charge in [-0.25, -0.2) is 9.10 Å². The third-order valence-electron chi connectivity index (χ3n) is 4.13. The zero-order valence-corrected chi connectivity index (χ0v) is 18.1. The van der Waals surface area contributed by atoms with Crippen molar-refractivity contribution in [2.24, 2.45) is 0 Å². The summed E-state index contributed by atoms with van der Waals surface area (Å²) in [6.45, 7) is 1.41. The Labute approximate surface area is 189 Å². The van der Waals surface area contributed by atoms with Crippen LogP contribution in [0.1, 0.15) is 17.3 Å². The molecule has 0 fully saturated rings. The molecule has 0 saturated carbocycles. The number of hydrogen-bond acceptors (Lipinski definition) is 4. The Morgan fingerprint density at radius 1 is 0.839 bits per heavy atom. The van der Waals surface area contributed by atoms with Gasteiger partial charge in [0.25, 0.3) is 5.91 Å². The highest BCUT2D eigenvalue weighted by atomic mass is 35.5. The SMILES string of the molecule is CC(=O)Nc1ccc(NC(=O)N(S)c2ccc(NC(=O)c3ccccc3)c(Cl)c2)cc1. The van der Waals surface area contributed by atoms with E-state index < -0.39 is 6.03 Å². The number of rotatable bonds is 5. The molecule has 3 rings (SSSR count). The Bertz CT molecular complexity index is 1110. The van der Waals surface area contributed by atoms with Gasteiger partial charge in [0.05, 0.1) is 16.4 Å². The normalized spacial score (nSPS) is 10.2. The average Bonchev–Trinajstić information content (AvgIpc) is 2.76. The summed E-state index contributed by atoms with van der Waals surface area (Å²) in [7, 11) is 0. The highest BCUT2D eigenvalue weighted by molar-refractivity contribution is 7.82. The molecule has 158 valence electrons. The number of nitrogens with zero attached hydrogens (tertiary/aromatic N) is 1. The summed E-state index contributed by atoms with van der Waals surface area (Å²) in [5, 5.41) is 8.33. The molecule has 31 heavy (non-hydrogen) atoms. The Balaban J connectivity index is 1.65. The predicted molar refractivity (Wildman–Crippen MR) is 127 cm³/mol. The van der Waals surface area contributed by atoms with E-state index in [4.69, 9.17) is 11.6 Å². The van der Waals surface area contributed by atoms with Gasteiger partial charge in [0.2, 0.25) is 5.91 Å². The lowest BCUT2D eigenvalue weighted by molar-refractivity contribution is -0.114. The van der Waals surface area contributed by atoms with Gasteiger partial charge in [-0.3, -0.25) is 9.59 Å². The van der Waals surface area contributed by atoms with E-state index >= 15 is 0 Å². The van der Waals surface area contributed by atoms with Crippen molar-refractivity contribution >= 4 is 65.0 Å². The van der Waals surface area contributed by atoms with Gasteiger partial charge in [-0.2, -0.15) is 0 Å². The molecule has 0 unspecified atom stereocenters. The molecular weight excluding hydrogens is 436 g/mol. The van der Waals surface area contributed by atoms with Crippen molar-refractivity contribution in [3.05, 3.63) is 83.4 Å². The van der Waals surface area contributed by atoms with Crippen molar-refractivity contribution in [2.75, 3.05) is 20.3 Å². The van der Waals surface area contributed by atoms with Crippen molar-refractivity contribution < 1.29 is 14.4 Å². The second kappa shape index (κ2) is 10.0. The summed E-state index contributed by atoms with van der Waals surface area (Å²) in [5.74, 6) is -0.475. The summed E-state index contributed by atoms with van der Waals surface area (Å²) < 4.78 is 1.09. The van der Waals surface area contributed by atoms with Gasteiger partial charge in [0, 0.05) is 23.9 Å². The molecule has 0 aliphatic carbocycles. The monoisotopic (exact) mass is 454 g/mol. The van der Waals surface area contributed by atoms with Crippen molar-refractivity contribution in [1.82, 2.24) is 0 Å². The maximum absolute atomic E-state index is 12.5. The standard InChI is InChI=1S/C22H19ClN4O3S/c1-14(28)24-16-7-9-17(10-8-16)25-22(30)27(31)18-11-12-20(19(23)13-18)26-21(29)15-5-3-2-4-6-15/h2-13,31H,1H3,(H,24,28)(H,25,30)(H,26,29). The van der Waals surface area contributed by atoms with Crippen LogP contribution in [0.15, 0.2) is 72.8 Å². The van der Waals surface area contributed by atoms with Crippen LogP contribution in [0.25, 0.3) is 0 Å². The Morgan fingerprint density at radius 2 is 1.45 bits per heavy atom. The van der Waals surface area contributed by atoms with Gasteiger partial charge < -0.3 is 16.0 Å². The van der Waals surface area contributed by atoms with Crippen molar-refractivity contribution in [2.45, 2.75) is 6.92 Å². The molecule has 0 atom stereocenters. The lowest BCUT2D eigenvalue weighted by Gasteiger charge is -2.18. The van der Waals surface area contributed by atoms with Gasteiger partial charge in [-0.1, -0.05) is 42.6 Å². The average molecular weight is 455 g/mol. The molecule has 3 aromatic rings. The highest BCUT2D eigenvalue weighted by Gasteiger charge is 2.15. The molecule has 3 aromatic carbocycles. The quantitative estimate of drug-likeness (QED) is 0.387. The minimum atomic E-state index is -0.507. The third-order valence-corrected chi connectivity index (χ3v) is 4.86. The fraction of sp³-hybridized carbons (Fsp3) is 0.0455. The van der Waals surface area contributed by atoms with Gasteiger partial charge >= 0.3 is 6.03 Å². The van der Waals surface area contributed by atoms with Crippen LogP contribution in [0.5, 0.6) is 0 Å². The molecule has 7 nitrogen and oxygen atoms in total. The summed E-state index contributed by atoms with van der Waals surface area (Å²) in [4.78, 5) is 35.9. The highest BCUT2D eigenvalue weighted by Crippen LogP contribution is 2.29. The molecule has 4 amide bonds. The van der Waals surface area contributed by atoms with Crippen LogP contribution in [-0.2, 0) is 4.79 Å². The summed E-state index contributed by atoms with van der Waals surface area (Å²) >= 11 is 10.5. The van der Waals surface area contributed by atoms with Crippen LogP contribution in [0.2, 0.25) is 5.02 Å². The summed E-state index contributed by atoms with van der Waals surface area (Å²) in [6.07, 6.45) is 0. The summed E-state index contributed by atoms with van der Waals surface area (Å²) in [6, 6.07) is 19.6. The van der Waals surface area contributed by atoms with Crippen LogP contribution >= 0.6 is 24.4 Å². The number of benzene rings is 3. The van der Waals surface area contributed by atoms with E-state index in [1.807, 2.05) is 6.07 Å². The minimum absolute atomic E-state index is 0.182. The minimum Gasteiger partial charge on any atom is -0.326 e. The Morgan fingerprint density at radius 3 is 2.03 bits per heavy atom. The number of carbonyl (C=O) groups excluding carboxylic acids is 3. The lowest BCUT2D eigenvalue weighted by atomic mass is 10.2. The molecule has 0 aromatic heterocycles. The second-order valence-corrected chi connectivity index (χ2v) is 7.29. The first-order valence-corrected chi connectivity index (χ1v) is 9.95. The van der Waals surface area contributed by atoms with Crippen LogP contribution in [0, 0.1) is 0 Å². The molecule has 0 heterocycles. The van der Waals surface area contributed by atoms with Gasteiger partial charge in [0.1, 0.15) is 0 Å². The van der Waals surface area contributed by atoms with E-state index in [-0.39, 0.29) is 16.8 Å². The number of halogens is 1. The van der Waals surface area contributed by atoms with E-state index in [0.717, 1.165) is 4.31 Å². The molecule has 0 radical (unpaired) electrons. The van der Waals surface area contributed by atoms with E-state index in [9.17, 15) is 14.4 Å². The molecule has 9 heteroatoms. The maximum Gasteiger partial charge on any atom is 0.336 e. The largest absolute Gasteiger partial charge is 0.336 e. The number of thiol groups is 1. The molecule has 3 N–H and O–H groups in total. The molecule has 0 aliphatic heterocycles. The predicted octanol–water partition coefficient (Wildman–Crippen LogP) is 5.43. The Hall–Kier alpha value is -3.49. The van der Waals surface area contributed by atoms with Crippen LogP contribution in [0.3, 0.4) is 0 Å². The van der Waals surface area contributed by atoms with Gasteiger partial charge in [0.15, 0.2) is 0 Å². The molecule has 0 saturated heterocycles. The number of anilines is 4. The fourth-order valence-electron chi connectivity index (χ4n) is 2.65. The molecular formula is C22H19ClN4O3S. The number of carbonyl (C=O) groups is 3. The third kappa shape index (κ3) is 6.00. The first-order valence-electron chi connectivity index (χ1n) is 9.17. The number of amides is 4. The Kier molecular flexibility index (Phi) is 7.17. The van der Waals surface area contributed by atoms with Gasteiger partial charge in [-0.15, -0.1) is 0 Å². The summed E-state index contributed by atoms with van der Waals surface area (Å²) in [5.41, 5.74) is 2.47. The molecule has 0 aliphatic rings. The fourth-order valence-corrected chi connectivity index (χ4v) is 3.05. The van der Waals surface area contributed by atoms with E-state index in [1.165, 1.54) is 13.0 Å². The lowest BCUT2D eigenvalue weighted by Crippen LogP contribution is -2.26. The molecule has 0 spiro atoms. The van der Waals surface area contributed by atoms with Crippen LogP contribution in [0.4, 0.5) is 27.5 Å². The van der Waals surface area contributed by atoms with E-state index in [0.29, 0.717) is 28.3 Å². The number of hydrogen-bond donors (Lipinski definition) is 4. The zero-order valence-electron chi connectivity index (χ0n) is 16.4. The van der Waals surface area contributed by atoms with Crippen LogP contribution in [-0.4, -0.2) is 17.8 Å². The van der Waals surface area contributed by atoms with Crippen molar-refractivity contribution in [3.8, 4) is 0 Å². The smallest absolute Gasteiger partial charge is 0.326 e. The maximum atomic E-state index is 12.5. The topological polar surface area (TPSA) is 90.5 Å².